The fraction of sp³-hybridized carbons (Fsp3) is 0.481. The molecule has 0 bridgehead atoms. The second kappa shape index (κ2) is 9.72. The molecule has 5 heterocycles. The summed E-state index contributed by atoms with van der Waals surface area (Å²) < 4.78 is 5.95. The molecule has 1 aromatic heterocycles. The van der Waals surface area contributed by atoms with Gasteiger partial charge in [-0.15, -0.1) is 10.2 Å². The molecule has 8 N–H and O–H groups in total. The molecular formula is C27H34N10O5. The first kappa shape index (κ1) is 27.5. The molecule has 3 fully saturated rings. The van der Waals surface area contributed by atoms with Gasteiger partial charge in [-0.3, -0.25) is 25.6 Å². The summed E-state index contributed by atoms with van der Waals surface area (Å²) in [5.74, 6) is -1.34. The lowest BCUT2D eigenvalue weighted by molar-refractivity contribution is -0.166. The molecule has 0 saturated carbocycles. The summed E-state index contributed by atoms with van der Waals surface area (Å²) in [6.45, 7) is 6.84. The molecule has 15 heteroatoms. The number of carbonyl (C=O) groups excluding carboxylic acids is 2. The Hall–Kier alpha value is -4.66. The van der Waals surface area contributed by atoms with Gasteiger partial charge in [0, 0.05) is 30.6 Å². The molecule has 2 aromatic rings. The highest BCUT2D eigenvalue weighted by Crippen LogP contribution is 2.46. The van der Waals surface area contributed by atoms with Crippen molar-refractivity contribution < 1.29 is 24.6 Å². The van der Waals surface area contributed by atoms with E-state index in [1.165, 1.54) is 12.1 Å². The number of ether oxygens (including phenoxy) is 1. The Morgan fingerprint density at radius 3 is 2.67 bits per heavy atom. The Bertz CT molecular complexity index is 1470. The average Bonchev–Trinajstić information content (AvgIpc) is 3.40. The van der Waals surface area contributed by atoms with E-state index in [0.29, 0.717) is 17.9 Å². The predicted octanol–water partition coefficient (Wildman–Crippen LogP) is -0.0770. The van der Waals surface area contributed by atoms with E-state index in [1.807, 2.05) is 19.1 Å². The summed E-state index contributed by atoms with van der Waals surface area (Å²) in [7, 11) is 0. The first-order valence-corrected chi connectivity index (χ1v) is 13.8. The third-order valence-corrected chi connectivity index (χ3v) is 9.03. The van der Waals surface area contributed by atoms with Gasteiger partial charge in [0.2, 0.25) is 11.8 Å². The standard InChI is InChI=1S/C27H34N10O5/c1-13-18(31-22(39)14-5-4-6-15-20(14)42-10-9-26(15,2)3)12-36-24(28)32-17(21-27(13,36)37(41)25(29)33-21)11-30-23(40)16-7-8-19(38)35-34-16/h4-8,13,17-18,21,41H,9-12H2,1-3H3,(H2,28,32)(H2,29,33)(H,30,40)(H,31,39)(H,35,38)/t13-,17+,18?,21?,27+/m1/s1. The van der Waals surface area contributed by atoms with E-state index in [-0.39, 0.29) is 47.9 Å². The van der Waals surface area contributed by atoms with Crippen LogP contribution in [0.25, 0.3) is 0 Å². The molecule has 4 aliphatic heterocycles. The highest BCUT2D eigenvalue weighted by Gasteiger charge is 2.69. The minimum Gasteiger partial charge on any atom is -0.492 e. The molecule has 222 valence electrons. The molecule has 42 heavy (non-hydrogen) atoms. The van der Waals surface area contributed by atoms with Gasteiger partial charge in [0.05, 0.1) is 30.3 Å². The lowest BCUT2D eigenvalue weighted by Gasteiger charge is -2.51. The largest absolute Gasteiger partial charge is 0.492 e. The average molecular weight is 579 g/mol. The minimum absolute atomic E-state index is 0.00147. The van der Waals surface area contributed by atoms with Crippen molar-refractivity contribution in [2.75, 3.05) is 19.7 Å². The fourth-order valence-electron chi connectivity index (χ4n) is 6.70. The van der Waals surface area contributed by atoms with Gasteiger partial charge < -0.3 is 36.0 Å². The number of hydroxylamine groups is 2. The molecule has 6 rings (SSSR count). The summed E-state index contributed by atoms with van der Waals surface area (Å²) in [5, 5.41) is 57.7. The van der Waals surface area contributed by atoms with Crippen molar-refractivity contribution in [2.24, 2.45) is 5.92 Å². The zero-order chi connectivity index (χ0) is 30.0. The Morgan fingerprint density at radius 1 is 1.14 bits per heavy atom. The van der Waals surface area contributed by atoms with Crippen LogP contribution in [0.2, 0.25) is 0 Å². The van der Waals surface area contributed by atoms with Crippen LogP contribution in [0, 0.1) is 16.7 Å². The second-order valence-electron chi connectivity index (χ2n) is 11.8. The summed E-state index contributed by atoms with van der Waals surface area (Å²) in [6, 6.07) is 6.37. The molecule has 0 aliphatic carbocycles. The molecule has 1 aromatic carbocycles. The SMILES string of the molecule is C[C@@H]1C(NC(=O)c2cccc3c2OCCC3(C)C)CN2C(=N)N[C@@H](CNC(=O)c3ccc(O)nn3)C3NC(=N)N(O)[C@]312. The summed E-state index contributed by atoms with van der Waals surface area (Å²) in [5.41, 5.74) is -0.0279. The zero-order valence-electron chi connectivity index (χ0n) is 23.4. The maximum absolute atomic E-state index is 13.7. The first-order valence-electron chi connectivity index (χ1n) is 13.8. The van der Waals surface area contributed by atoms with Gasteiger partial charge in [0.15, 0.2) is 17.3 Å². The number of carbonyl (C=O) groups is 2. The Morgan fingerprint density at radius 2 is 1.93 bits per heavy atom. The van der Waals surface area contributed by atoms with Crippen LogP contribution in [0.15, 0.2) is 30.3 Å². The van der Waals surface area contributed by atoms with Gasteiger partial charge in [-0.05, 0) is 24.0 Å². The van der Waals surface area contributed by atoms with E-state index < -0.39 is 35.6 Å². The van der Waals surface area contributed by atoms with Crippen molar-refractivity contribution in [3.05, 3.63) is 47.2 Å². The monoisotopic (exact) mass is 578 g/mol. The van der Waals surface area contributed by atoms with Crippen molar-refractivity contribution in [3.63, 3.8) is 0 Å². The predicted molar refractivity (Wildman–Crippen MR) is 148 cm³/mol. The van der Waals surface area contributed by atoms with Crippen molar-refractivity contribution in [2.45, 2.75) is 56.4 Å². The van der Waals surface area contributed by atoms with Gasteiger partial charge in [0.25, 0.3) is 11.8 Å². The second-order valence-corrected chi connectivity index (χ2v) is 11.8. The van der Waals surface area contributed by atoms with Crippen LogP contribution in [0.1, 0.15) is 53.6 Å². The number of guanidine groups is 2. The van der Waals surface area contributed by atoms with E-state index in [0.717, 1.165) is 17.0 Å². The van der Waals surface area contributed by atoms with Gasteiger partial charge in [-0.1, -0.05) is 32.9 Å². The number of nitrogens with zero attached hydrogens (tertiary/aromatic N) is 4. The minimum atomic E-state index is -1.29. The highest BCUT2D eigenvalue weighted by atomic mass is 16.5. The van der Waals surface area contributed by atoms with Crippen molar-refractivity contribution in [3.8, 4) is 11.6 Å². The lowest BCUT2D eigenvalue weighted by Crippen LogP contribution is -2.76. The summed E-state index contributed by atoms with van der Waals surface area (Å²) in [4.78, 5) is 28.0. The van der Waals surface area contributed by atoms with Crippen LogP contribution in [0.4, 0.5) is 0 Å². The molecule has 4 aliphatic rings. The van der Waals surface area contributed by atoms with Crippen molar-refractivity contribution in [1.29, 1.82) is 10.8 Å². The molecule has 5 atom stereocenters. The number of aromatic hydroxyl groups is 1. The number of fused-ring (bicyclic) bond motifs is 1. The molecule has 2 amide bonds. The number of nitrogens with one attached hydrogen (secondary N) is 6. The van der Waals surface area contributed by atoms with Crippen LogP contribution in [0.5, 0.6) is 11.6 Å². The fourth-order valence-corrected chi connectivity index (χ4v) is 6.70. The quantitative estimate of drug-likeness (QED) is 0.235. The van der Waals surface area contributed by atoms with Gasteiger partial charge in [-0.25, -0.2) is 0 Å². The van der Waals surface area contributed by atoms with E-state index in [9.17, 15) is 19.9 Å². The van der Waals surface area contributed by atoms with Crippen LogP contribution in [-0.2, 0) is 5.41 Å². The maximum Gasteiger partial charge on any atom is 0.271 e. The highest BCUT2D eigenvalue weighted by molar-refractivity contribution is 5.98. The van der Waals surface area contributed by atoms with Gasteiger partial charge >= 0.3 is 0 Å². The number of aromatic nitrogens is 2. The maximum atomic E-state index is 13.7. The van der Waals surface area contributed by atoms with Gasteiger partial charge in [0.1, 0.15) is 5.75 Å². The van der Waals surface area contributed by atoms with Gasteiger partial charge in [-0.2, -0.15) is 5.06 Å². The van der Waals surface area contributed by atoms with Crippen molar-refractivity contribution >= 4 is 23.7 Å². The Kier molecular flexibility index (Phi) is 6.36. The van der Waals surface area contributed by atoms with Crippen LogP contribution >= 0.6 is 0 Å². The number of hydrogen-bond acceptors (Lipinski definition) is 9. The first-order chi connectivity index (χ1) is 19.9. The van der Waals surface area contributed by atoms with Crippen molar-refractivity contribution in [1.82, 2.24) is 41.4 Å². The molecule has 1 spiro atoms. The third kappa shape index (κ3) is 4.06. The topological polar surface area (TPSA) is 212 Å². The molecule has 15 nitrogen and oxygen atoms in total. The van der Waals surface area contributed by atoms with Crippen LogP contribution < -0.4 is 26.0 Å². The number of benzene rings is 1. The van der Waals surface area contributed by atoms with E-state index in [4.69, 9.17) is 15.6 Å². The lowest BCUT2D eigenvalue weighted by atomic mass is 9.79. The molecule has 3 saturated heterocycles. The Balaban J connectivity index is 1.24. The van der Waals surface area contributed by atoms with E-state index in [2.05, 4.69) is 45.3 Å². The number of para-hydroxylation sites is 1. The number of amides is 2. The number of rotatable bonds is 5. The normalized spacial score (nSPS) is 29.0. The molecular weight excluding hydrogens is 544 g/mol. The van der Waals surface area contributed by atoms with Crippen LogP contribution in [-0.4, -0.2) is 97.7 Å². The Labute approximate surface area is 241 Å². The molecule has 2 unspecified atom stereocenters. The van der Waals surface area contributed by atoms with E-state index in [1.54, 1.807) is 11.0 Å². The summed E-state index contributed by atoms with van der Waals surface area (Å²) >= 11 is 0. The zero-order valence-corrected chi connectivity index (χ0v) is 23.4. The summed E-state index contributed by atoms with van der Waals surface area (Å²) in [6.07, 6.45) is 0.841. The van der Waals surface area contributed by atoms with Crippen LogP contribution in [0.3, 0.4) is 0 Å². The smallest absolute Gasteiger partial charge is 0.271 e. The number of hydrogen-bond donors (Lipinski definition) is 8. The van der Waals surface area contributed by atoms with E-state index >= 15 is 0 Å². The third-order valence-electron chi connectivity index (χ3n) is 9.03. The molecule has 0 radical (unpaired) electrons.